The molecule has 1 saturated heterocycles. The predicted molar refractivity (Wildman–Crippen MR) is 71.6 cm³/mol. The lowest BCUT2D eigenvalue weighted by molar-refractivity contribution is -0.137. The van der Waals surface area contributed by atoms with Gasteiger partial charge in [0.2, 0.25) is 0 Å². The van der Waals surface area contributed by atoms with Crippen molar-refractivity contribution < 1.29 is 9.90 Å². The maximum Gasteiger partial charge on any atom is 0.303 e. The average molecular weight is 247 g/mol. The van der Waals surface area contributed by atoms with Gasteiger partial charge in [-0.2, -0.15) is 0 Å². The molecule has 0 spiro atoms. The second-order valence-electron chi connectivity index (χ2n) is 5.02. The van der Waals surface area contributed by atoms with E-state index in [2.05, 4.69) is 29.2 Å². The van der Waals surface area contributed by atoms with E-state index in [4.69, 9.17) is 5.11 Å². The fraction of sp³-hybridized carbons (Fsp3) is 0.533. The van der Waals surface area contributed by atoms with Crippen molar-refractivity contribution in [2.75, 3.05) is 13.1 Å². The SMILES string of the molecule is O=C(O)CCCN1CCC[C@H]1Cc1ccccc1. The number of hydrogen-bond donors (Lipinski definition) is 1. The Hall–Kier alpha value is -1.35. The maximum atomic E-state index is 10.5. The summed E-state index contributed by atoms with van der Waals surface area (Å²) < 4.78 is 0. The van der Waals surface area contributed by atoms with Crippen molar-refractivity contribution in [2.24, 2.45) is 0 Å². The van der Waals surface area contributed by atoms with Gasteiger partial charge in [0, 0.05) is 12.5 Å². The van der Waals surface area contributed by atoms with E-state index in [-0.39, 0.29) is 6.42 Å². The molecule has 0 aromatic heterocycles. The quantitative estimate of drug-likeness (QED) is 0.840. The van der Waals surface area contributed by atoms with E-state index < -0.39 is 5.97 Å². The zero-order chi connectivity index (χ0) is 12.8. The minimum Gasteiger partial charge on any atom is -0.481 e. The molecular weight excluding hydrogens is 226 g/mol. The lowest BCUT2D eigenvalue weighted by Crippen LogP contribution is -2.32. The van der Waals surface area contributed by atoms with Gasteiger partial charge in [0.25, 0.3) is 0 Å². The fourth-order valence-electron chi connectivity index (χ4n) is 2.74. The van der Waals surface area contributed by atoms with Crippen molar-refractivity contribution >= 4 is 5.97 Å². The summed E-state index contributed by atoms with van der Waals surface area (Å²) in [6.07, 6.45) is 4.62. The Morgan fingerprint density at radius 1 is 1.33 bits per heavy atom. The van der Waals surface area contributed by atoms with Crippen LogP contribution in [0.1, 0.15) is 31.2 Å². The fourth-order valence-corrected chi connectivity index (χ4v) is 2.74. The van der Waals surface area contributed by atoms with Crippen molar-refractivity contribution in [3.63, 3.8) is 0 Å². The van der Waals surface area contributed by atoms with Crippen LogP contribution in [0.15, 0.2) is 30.3 Å². The summed E-state index contributed by atoms with van der Waals surface area (Å²) in [6, 6.07) is 11.2. The number of rotatable bonds is 6. The first kappa shape index (κ1) is 13.1. The first-order valence-corrected chi connectivity index (χ1v) is 6.75. The van der Waals surface area contributed by atoms with Gasteiger partial charge < -0.3 is 10.0 Å². The van der Waals surface area contributed by atoms with Crippen LogP contribution in [-0.2, 0) is 11.2 Å². The number of hydrogen-bond acceptors (Lipinski definition) is 2. The topological polar surface area (TPSA) is 40.5 Å². The van der Waals surface area contributed by atoms with Crippen LogP contribution in [0.5, 0.6) is 0 Å². The normalized spacial score (nSPS) is 20.1. The molecule has 2 rings (SSSR count). The molecular formula is C15H21NO2. The molecule has 98 valence electrons. The van der Waals surface area contributed by atoms with Crippen LogP contribution in [0.3, 0.4) is 0 Å². The first-order valence-electron chi connectivity index (χ1n) is 6.75. The van der Waals surface area contributed by atoms with Gasteiger partial charge in [-0.3, -0.25) is 4.79 Å². The van der Waals surface area contributed by atoms with E-state index in [9.17, 15) is 4.79 Å². The highest BCUT2D eigenvalue weighted by molar-refractivity contribution is 5.66. The van der Waals surface area contributed by atoms with Crippen LogP contribution in [0, 0.1) is 0 Å². The minimum atomic E-state index is -0.686. The molecule has 1 N–H and O–H groups in total. The largest absolute Gasteiger partial charge is 0.481 e. The van der Waals surface area contributed by atoms with Gasteiger partial charge in [0.05, 0.1) is 0 Å². The molecule has 1 aliphatic rings. The van der Waals surface area contributed by atoms with E-state index in [1.165, 1.54) is 18.4 Å². The molecule has 1 fully saturated rings. The van der Waals surface area contributed by atoms with E-state index in [1.54, 1.807) is 0 Å². The van der Waals surface area contributed by atoms with Crippen LogP contribution in [0.4, 0.5) is 0 Å². The number of carboxylic acid groups (broad SMARTS) is 1. The first-order chi connectivity index (χ1) is 8.75. The van der Waals surface area contributed by atoms with Gasteiger partial charge in [0.15, 0.2) is 0 Å². The van der Waals surface area contributed by atoms with Gasteiger partial charge in [-0.15, -0.1) is 0 Å². The summed E-state index contributed by atoms with van der Waals surface area (Å²) in [5.41, 5.74) is 1.38. The number of likely N-dealkylation sites (tertiary alicyclic amines) is 1. The zero-order valence-corrected chi connectivity index (χ0v) is 10.7. The molecule has 3 nitrogen and oxygen atoms in total. The molecule has 1 aliphatic heterocycles. The molecule has 1 atom stereocenters. The Bertz CT molecular complexity index is 377. The lowest BCUT2D eigenvalue weighted by atomic mass is 10.0. The molecule has 1 heterocycles. The summed E-state index contributed by atoms with van der Waals surface area (Å²) in [7, 11) is 0. The molecule has 0 saturated carbocycles. The molecule has 3 heteroatoms. The van der Waals surface area contributed by atoms with Crippen LogP contribution in [-0.4, -0.2) is 35.1 Å². The van der Waals surface area contributed by atoms with Gasteiger partial charge in [-0.05, 0) is 44.3 Å². The Labute approximate surface area is 108 Å². The number of nitrogens with zero attached hydrogens (tertiary/aromatic N) is 1. The van der Waals surface area contributed by atoms with Crippen molar-refractivity contribution in [3.8, 4) is 0 Å². The zero-order valence-electron chi connectivity index (χ0n) is 10.7. The van der Waals surface area contributed by atoms with Crippen LogP contribution >= 0.6 is 0 Å². The summed E-state index contributed by atoms with van der Waals surface area (Å²) >= 11 is 0. The molecule has 0 aliphatic carbocycles. The van der Waals surface area contributed by atoms with Crippen molar-refractivity contribution in [1.82, 2.24) is 4.90 Å². The highest BCUT2D eigenvalue weighted by atomic mass is 16.4. The average Bonchev–Trinajstić information content (AvgIpc) is 2.78. The minimum absolute atomic E-state index is 0.286. The molecule has 18 heavy (non-hydrogen) atoms. The van der Waals surface area contributed by atoms with E-state index >= 15 is 0 Å². The highest BCUT2D eigenvalue weighted by Crippen LogP contribution is 2.21. The number of carbonyl (C=O) groups is 1. The van der Waals surface area contributed by atoms with E-state index in [0.29, 0.717) is 6.04 Å². The maximum absolute atomic E-state index is 10.5. The lowest BCUT2D eigenvalue weighted by Gasteiger charge is -2.24. The van der Waals surface area contributed by atoms with Crippen LogP contribution in [0.25, 0.3) is 0 Å². The van der Waals surface area contributed by atoms with Crippen LogP contribution < -0.4 is 0 Å². The second kappa shape index (κ2) is 6.55. The Balaban J connectivity index is 1.82. The summed E-state index contributed by atoms with van der Waals surface area (Å²) in [6.45, 7) is 2.04. The third kappa shape index (κ3) is 3.84. The molecule has 0 unspecified atom stereocenters. The number of aliphatic carboxylic acids is 1. The van der Waals surface area contributed by atoms with Crippen molar-refractivity contribution in [2.45, 2.75) is 38.1 Å². The molecule has 0 radical (unpaired) electrons. The van der Waals surface area contributed by atoms with Gasteiger partial charge >= 0.3 is 5.97 Å². The smallest absolute Gasteiger partial charge is 0.303 e. The monoisotopic (exact) mass is 247 g/mol. The Kier molecular flexibility index (Phi) is 4.76. The number of benzene rings is 1. The Morgan fingerprint density at radius 3 is 2.83 bits per heavy atom. The summed E-state index contributed by atoms with van der Waals surface area (Å²) in [4.78, 5) is 13.0. The standard InChI is InChI=1S/C15H21NO2/c17-15(18)9-5-11-16-10-4-8-14(16)12-13-6-2-1-3-7-13/h1-3,6-7,14H,4-5,8-12H2,(H,17,18)/t14-/m0/s1. The van der Waals surface area contributed by atoms with Gasteiger partial charge in [-0.1, -0.05) is 30.3 Å². The second-order valence-corrected chi connectivity index (χ2v) is 5.02. The molecule has 1 aromatic carbocycles. The van der Waals surface area contributed by atoms with Gasteiger partial charge in [-0.25, -0.2) is 0 Å². The molecule has 1 aromatic rings. The van der Waals surface area contributed by atoms with Crippen molar-refractivity contribution in [1.29, 1.82) is 0 Å². The Morgan fingerprint density at radius 2 is 2.11 bits per heavy atom. The van der Waals surface area contributed by atoms with E-state index in [1.807, 2.05) is 6.07 Å². The predicted octanol–water partition coefficient (Wildman–Crippen LogP) is 2.56. The summed E-state index contributed by atoms with van der Waals surface area (Å²) in [5.74, 6) is -0.686. The third-order valence-corrected chi connectivity index (χ3v) is 3.65. The summed E-state index contributed by atoms with van der Waals surface area (Å²) in [5, 5.41) is 8.67. The molecule has 0 amide bonds. The van der Waals surface area contributed by atoms with Gasteiger partial charge in [0.1, 0.15) is 0 Å². The van der Waals surface area contributed by atoms with Crippen LogP contribution in [0.2, 0.25) is 0 Å². The van der Waals surface area contributed by atoms with E-state index in [0.717, 1.165) is 25.9 Å². The molecule has 0 bridgehead atoms. The third-order valence-electron chi connectivity index (χ3n) is 3.65. The van der Waals surface area contributed by atoms with Crippen molar-refractivity contribution in [3.05, 3.63) is 35.9 Å². The highest BCUT2D eigenvalue weighted by Gasteiger charge is 2.24. The number of carboxylic acids is 1.